The van der Waals surface area contributed by atoms with Crippen LogP contribution in [0.5, 0.6) is 0 Å². The van der Waals surface area contributed by atoms with Crippen molar-refractivity contribution in [3.63, 3.8) is 0 Å². The van der Waals surface area contributed by atoms with Crippen molar-refractivity contribution < 1.29 is 13.9 Å². The molecule has 0 unspecified atom stereocenters. The first-order valence-corrected chi connectivity index (χ1v) is 6.93. The minimum Gasteiger partial charge on any atom is -0.381 e. The van der Waals surface area contributed by atoms with Crippen LogP contribution in [0.2, 0.25) is 0 Å². The molecule has 1 aliphatic heterocycles. The second kappa shape index (κ2) is 6.34. The zero-order valence-electron chi connectivity index (χ0n) is 10.7. The predicted molar refractivity (Wildman–Crippen MR) is 74.7 cm³/mol. The highest BCUT2D eigenvalue weighted by Gasteiger charge is 2.22. The standard InChI is InChI=1S/C13H16BrFN2O2/c1-19-10-4-6-17(7-5-10)13(18)16-12-3-2-9(14)8-11(12)15/h2-3,8,10H,4-7H2,1H3,(H,16,18). The van der Waals surface area contributed by atoms with Crippen LogP contribution in [0.25, 0.3) is 0 Å². The van der Waals surface area contributed by atoms with Crippen LogP contribution in [0.15, 0.2) is 22.7 Å². The van der Waals surface area contributed by atoms with Gasteiger partial charge in [-0.1, -0.05) is 15.9 Å². The molecule has 1 aromatic carbocycles. The number of piperidine rings is 1. The number of hydrogen-bond donors (Lipinski definition) is 1. The Labute approximate surface area is 120 Å². The summed E-state index contributed by atoms with van der Waals surface area (Å²) in [6.07, 6.45) is 1.84. The SMILES string of the molecule is COC1CCN(C(=O)Nc2ccc(Br)cc2F)CC1. The maximum absolute atomic E-state index is 13.6. The lowest BCUT2D eigenvalue weighted by atomic mass is 10.1. The Balaban J connectivity index is 1.94. The molecule has 2 amide bonds. The molecule has 4 nitrogen and oxygen atoms in total. The van der Waals surface area contributed by atoms with E-state index in [0.717, 1.165) is 12.8 Å². The number of rotatable bonds is 2. The monoisotopic (exact) mass is 330 g/mol. The number of anilines is 1. The third kappa shape index (κ3) is 3.67. The van der Waals surface area contributed by atoms with E-state index in [1.54, 1.807) is 24.1 Å². The molecule has 0 aliphatic carbocycles. The van der Waals surface area contributed by atoms with Crippen molar-refractivity contribution in [1.29, 1.82) is 0 Å². The second-order valence-corrected chi connectivity index (χ2v) is 5.39. The zero-order valence-corrected chi connectivity index (χ0v) is 12.2. The predicted octanol–water partition coefficient (Wildman–Crippen LogP) is 3.23. The van der Waals surface area contributed by atoms with Gasteiger partial charge in [0.15, 0.2) is 0 Å². The number of nitrogens with one attached hydrogen (secondary N) is 1. The maximum atomic E-state index is 13.6. The number of halogens is 2. The summed E-state index contributed by atoms with van der Waals surface area (Å²) in [7, 11) is 1.68. The van der Waals surface area contributed by atoms with E-state index in [9.17, 15) is 9.18 Å². The first-order chi connectivity index (χ1) is 9.10. The molecule has 0 atom stereocenters. The Kier molecular flexibility index (Phi) is 4.76. The van der Waals surface area contributed by atoms with Gasteiger partial charge in [-0.2, -0.15) is 0 Å². The number of carbonyl (C=O) groups excluding carboxylic acids is 1. The second-order valence-electron chi connectivity index (χ2n) is 4.48. The van der Waals surface area contributed by atoms with Gasteiger partial charge in [0.1, 0.15) is 5.82 Å². The molecule has 2 rings (SSSR count). The van der Waals surface area contributed by atoms with Crippen LogP contribution in [-0.4, -0.2) is 37.2 Å². The van der Waals surface area contributed by atoms with E-state index in [4.69, 9.17) is 4.74 Å². The molecular weight excluding hydrogens is 315 g/mol. The number of nitrogens with zero attached hydrogens (tertiary/aromatic N) is 1. The van der Waals surface area contributed by atoms with Gasteiger partial charge < -0.3 is 15.0 Å². The van der Waals surface area contributed by atoms with E-state index in [-0.39, 0.29) is 17.8 Å². The van der Waals surface area contributed by atoms with Gasteiger partial charge in [0.25, 0.3) is 0 Å². The van der Waals surface area contributed by atoms with Crippen molar-refractivity contribution in [1.82, 2.24) is 4.90 Å². The smallest absolute Gasteiger partial charge is 0.321 e. The highest BCUT2D eigenvalue weighted by molar-refractivity contribution is 9.10. The van der Waals surface area contributed by atoms with Crippen LogP contribution in [-0.2, 0) is 4.74 Å². The van der Waals surface area contributed by atoms with Crippen LogP contribution in [0.1, 0.15) is 12.8 Å². The molecule has 0 aromatic heterocycles. The summed E-state index contributed by atoms with van der Waals surface area (Å²) >= 11 is 3.18. The summed E-state index contributed by atoms with van der Waals surface area (Å²) in [6.45, 7) is 1.25. The molecular formula is C13H16BrFN2O2. The lowest BCUT2D eigenvalue weighted by Gasteiger charge is -2.31. The summed E-state index contributed by atoms with van der Waals surface area (Å²) in [5.74, 6) is -0.450. The van der Waals surface area contributed by atoms with Crippen LogP contribution in [0.3, 0.4) is 0 Å². The van der Waals surface area contributed by atoms with Crippen molar-refractivity contribution in [3.05, 3.63) is 28.5 Å². The number of methoxy groups -OCH3 is 1. The molecule has 0 spiro atoms. The van der Waals surface area contributed by atoms with Gasteiger partial charge in [-0.25, -0.2) is 9.18 Å². The Morgan fingerprint density at radius 2 is 2.16 bits per heavy atom. The minimum atomic E-state index is -0.450. The fourth-order valence-electron chi connectivity index (χ4n) is 2.08. The number of hydrogen-bond acceptors (Lipinski definition) is 2. The van der Waals surface area contributed by atoms with E-state index in [1.165, 1.54) is 6.07 Å². The van der Waals surface area contributed by atoms with E-state index in [1.807, 2.05) is 0 Å². The summed E-state index contributed by atoms with van der Waals surface area (Å²) in [5, 5.41) is 2.59. The number of likely N-dealkylation sites (tertiary alicyclic amines) is 1. The van der Waals surface area contributed by atoms with Crippen molar-refractivity contribution in [2.45, 2.75) is 18.9 Å². The average molecular weight is 331 g/mol. The summed E-state index contributed by atoms with van der Waals surface area (Å²) in [5.41, 5.74) is 0.196. The number of amides is 2. The third-order valence-corrected chi connectivity index (χ3v) is 3.73. The normalized spacial score (nSPS) is 16.5. The molecule has 1 fully saturated rings. The molecule has 104 valence electrons. The lowest BCUT2D eigenvalue weighted by Crippen LogP contribution is -2.42. The largest absolute Gasteiger partial charge is 0.381 e. The van der Waals surface area contributed by atoms with Crippen LogP contribution >= 0.6 is 15.9 Å². The van der Waals surface area contributed by atoms with Crippen molar-refractivity contribution in [2.24, 2.45) is 0 Å². The number of urea groups is 1. The molecule has 0 bridgehead atoms. The topological polar surface area (TPSA) is 41.6 Å². The van der Waals surface area contributed by atoms with Gasteiger partial charge in [-0.05, 0) is 31.0 Å². The van der Waals surface area contributed by atoms with Gasteiger partial charge in [0, 0.05) is 24.7 Å². The quantitative estimate of drug-likeness (QED) is 0.904. The number of benzene rings is 1. The van der Waals surface area contributed by atoms with Crippen LogP contribution in [0.4, 0.5) is 14.9 Å². The van der Waals surface area contributed by atoms with Gasteiger partial charge in [0.05, 0.1) is 11.8 Å². The number of carbonyl (C=O) groups is 1. The molecule has 1 aliphatic rings. The van der Waals surface area contributed by atoms with Crippen molar-refractivity contribution in [3.8, 4) is 0 Å². The molecule has 1 N–H and O–H groups in total. The van der Waals surface area contributed by atoms with Crippen LogP contribution < -0.4 is 5.32 Å². The average Bonchev–Trinajstić information content (AvgIpc) is 2.42. The van der Waals surface area contributed by atoms with Crippen molar-refractivity contribution >= 4 is 27.6 Å². The molecule has 1 heterocycles. The highest BCUT2D eigenvalue weighted by atomic mass is 79.9. The Hall–Kier alpha value is -1.14. The summed E-state index contributed by atoms with van der Waals surface area (Å²) < 4.78 is 19.5. The third-order valence-electron chi connectivity index (χ3n) is 3.24. The van der Waals surface area contributed by atoms with Gasteiger partial charge in [0.2, 0.25) is 0 Å². The fraction of sp³-hybridized carbons (Fsp3) is 0.462. The Morgan fingerprint density at radius 1 is 1.47 bits per heavy atom. The van der Waals surface area contributed by atoms with Gasteiger partial charge >= 0.3 is 6.03 Å². The molecule has 1 aromatic rings. The Morgan fingerprint density at radius 3 is 2.74 bits per heavy atom. The maximum Gasteiger partial charge on any atom is 0.321 e. The van der Waals surface area contributed by atoms with Crippen molar-refractivity contribution in [2.75, 3.05) is 25.5 Å². The molecule has 1 saturated heterocycles. The fourth-order valence-corrected chi connectivity index (χ4v) is 2.41. The minimum absolute atomic E-state index is 0.196. The summed E-state index contributed by atoms with van der Waals surface area (Å²) in [4.78, 5) is 13.7. The van der Waals surface area contributed by atoms with E-state index in [2.05, 4.69) is 21.2 Å². The van der Waals surface area contributed by atoms with Crippen LogP contribution in [0, 0.1) is 5.82 Å². The first-order valence-electron chi connectivity index (χ1n) is 6.14. The molecule has 0 radical (unpaired) electrons. The van der Waals surface area contributed by atoms with Gasteiger partial charge in [-0.15, -0.1) is 0 Å². The lowest BCUT2D eigenvalue weighted by molar-refractivity contribution is 0.0521. The molecule has 0 saturated carbocycles. The Bertz CT molecular complexity index is 462. The van der Waals surface area contributed by atoms with E-state index >= 15 is 0 Å². The highest BCUT2D eigenvalue weighted by Crippen LogP contribution is 2.20. The molecule has 6 heteroatoms. The van der Waals surface area contributed by atoms with E-state index < -0.39 is 5.82 Å². The first kappa shape index (κ1) is 14.3. The summed E-state index contributed by atoms with van der Waals surface area (Å²) in [6, 6.07) is 4.29. The van der Waals surface area contributed by atoms with E-state index in [0.29, 0.717) is 17.6 Å². The molecule has 19 heavy (non-hydrogen) atoms. The van der Waals surface area contributed by atoms with Gasteiger partial charge in [-0.3, -0.25) is 0 Å². The number of ether oxygens (including phenoxy) is 1. The zero-order chi connectivity index (χ0) is 13.8.